The normalized spacial score (nSPS) is 11.3. The number of aliphatic imine (C=N–C) groups is 1. The Morgan fingerprint density at radius 1 is 1.27 bits per heavy atom. The lowest BCUT2D eigenvalue weighted by Crippen LogP contribution is -2.38. The number of anilines is 1. The third-order valence-corrected chi connectivity index (χ3v) is 4.30. The topological polar surface area (TPSA) is 91.5 Å². The Hall–Kier alpha value is -2.54. The van der Waals surface area contributed by atoms with Gasteiger partial charge in [-0.15, -0.1) is 0 Å². The van der Waals surface area contributed by atoms with E-state index in [1.54, 1.807) is 19.2 Å². The summed E-state index contributed by atoms with van der Waals surface area (Å²) in [6, 6.07) is 5.43. The lowest BCUT2D eigenvalue weighted by atomic mass is 10.2. The van der Waals surface area contributed by atoms with E-state index in [9.17, 15) is 4.79 Å². The first-order valence-electron chi connectivity index (χ1n) is 8.33. The molecule has 1 aromatic heterocycles. The van der Waals surface area contributed by atoms with Crippen LogP contribution >= 0.6 is 11.6 Å². The number of hydrogen-bond acceptors (Lipinski definition) is 4. The van der Waals surface area contributed by atoms with Crippen LogP contribution in [-0.2, 0) is 11.3 Å². The van der Waals surface area contributed by atoms with Gasteiger partial charge in [-0.1, -0.05) is 17.7 Å². The summed E-state index contributed by atoms with van der Waals surface area (Å²) in [5, 5.41) is 9.67. The molecule has 2 rings (SSSR count). The number of nitrogens with zero attached hydrogens (tertiary/aromatic N) is 2. The van der Waals surface area contributed by atoms with Crippen LogP contribution < -0.4 is 16.0 Å². The molecule has 0 bridgehead atoms. The first kappa shape index (κ1) is 19.8. The standard InChI is InChI=1S/C18H24ClN5O2/c1-11-14(19)6-5-7-15(11)24-16(25)8-9-21-18(20-4)22-10-17-23-12(2)13(3)26-17/h5-7H,8-10H2,1-4H3,(H,24,25)(H2,20,21,22). The van der Waals surface area contributed by atoms with Crippen LogP contribution in [0.1, 0.15) is 29.3 Å². The zero-order valence-electron chi connectivity index (χ0n) is 15.4. The molecule has 1 heterocycles. The molecule has 7 nitrogen and oxygen atoms in total. The van der Waals surface area contributed by atoms with E-state index in [0.717, 1.165) is 22.7 Å². The Balaban J connectivity index is 1.76. The number of carbonyl (C=O) groups excluding carboxylic acids is 1. The summed E-state index contributed by atoms with van der Waals surface area (Å²) in [7, 11) is 1.66. The van der Waals surface area contributed by atoms with E-state index in [0.29, 0.717) is 36.4 Å². The number of nitrogens with one attached hydrogen (secondary N) is 3. The van der Waals surface area contributed by atoms with Crippen LogP contribution in [0.4, 0.5) is 5.69 Å². The minimum atomic E-state index is -0.0997. The highest BCUT2D eigenvalue weighted by molar-refractivity contribution is 6.31. The number of aryl methyl sites for hydroxylation is 2. The maximum Gasteiger partial charge on any atom is 0.226 e. The molecule has 3 N–H and O–H groups in total. The lowest BCUT2D eigenvalue weighted by molar-refractivity contribution is -0.116. The predicted octanol–water partition coefficient (Wildman–Crippen LogP) is 2.95. The molecule has 0 saturated heterocycles. The van der Waals surface area contributed by atoms with Crippen LogP contribution in [0.15, 0.2) is 27.6 Å². The Kier molecular flexibility index (Phi) is 7.03. The van der Waals surface area contributed by atoms with Crippen molar-refractivity contribution >= 4 is 29.2 Å². The number of amides is 1. The molecule has 0 aliphatic heterocycles. The highest BCUT2D eigenvalue weighted by Crippen LogP contribution is 2.22. The van der Waals surface area contributed by atoms with Crippen molar-refractivity contribution in [1.29, 1.82) is 0 Å². The molecule has 0 aliphatic carbocycles. The third-order valence-electron chi connectivity index (χ3n) is 3.89. The summed E-state index contributed by atoms with van der Waals surface area (Å²) in [4.78, 5) is 20.5. The van der Waals surface area contributed by atoms with Crippen LogP contribution in [0.3, 0.4) is 0 Å². The van der Waals surface area contributed by atoms with E-state index in [4.69, 9.17) is 16.0 Å². The van der Waals surface area contributed by atoms with E-state index in [1.165, 1.54) is 0 Å². The maximum absolute atomic E-state index is 12.1. The third kappa shape index (κ3) is 5.49. The fourth-order valence-corrected chi connectivity index (χ4v) is 2.42. The Labute approximate surface area is 158 Å². The number of oxazole rings is 1. The molecule has 1 aromatic carbocycles. The van der Waals surface area contributed by atoms with Gasteiger partial charge in [-0.25, -0.2) is 4.98 Å². The van der Waals surface area contributed by atoms with Crippen molar-refractivity contribution in [1.82, 2.24) is 15.6 Å². The first-order valence-corrected chi connectivity index (χ1v) is 8.71. The largest absolute Gasteiger partial charge is 0.444 e. The number of hydrogen-bond donors (Lipinski definition) is 3. The van der Waals surface area contributed by atoms with Gasteiger partial charge < -0.3 is 20.4 Å². The van der Waals surface area contributed by atoms with Crippen molar-refractivity contribution in [3.8, 4) is 0 Å². The zero-order valence-corrected chi connectivity index (χ0v) is 16.2. The van der Waals surface area contributed by atoms with E-state index in [2.05, 4.69) is 25.9 Å². The van der Waals surface area contributed by atoms with Gasteiger partial charge >= 0.3 is 0 Å². The molecule has 2 aromatic rings. The highest BCUT2D eigenvalue weighted by atomic mass is 35.5. The monoisotopic (exact) mass is 377 g/mol. The molecule has 0 fully saturated rings. The number of guanidine groups is 1. The van der Waals surface area contributed by atoms with Crippen molar-refractivity contribution in [3.05, 3.63) is 46.1 Å². The first-order chi connectivity index (χ1) is 12.4. The molecule has 0 aliphatic rings. The second-order valence-corrected chi connectivity index (χ2v) is 6.22. The molecule has 0 saturated carbocycles. The van der Waals surface area contributed by atoms with Gasteiger partial charge in [-0.3, -0.25) is 9.79 Å². The van der Waals surface area contributed by atoms with Crippen molar-refractivity contribution in [3.63, 3.8) is 0 Å². The summed E-state index contributed by atoms with van der Waals surface area (Å²) in [6.45, 7) is 6.50. The van der Waals surface area contributed by atoms with Crippen molar-refractivity contribution in [2.24, 2.45) is 4.99 Å². The summed E-state index contributed by atoms with van der Waals surface area (Å²) >= 11 is 6.06. The molecular formula is C18H24ClN5O2. The molecule has 26 heavy (non-hydrogen) atoms. The van der Waals surface area contributed by atoms with Crippen molar-refractivity contribution in [2.45, 2.75) is 33.7 Å². The Morgan fingerprint density at radius 2 is 2.04 bits per heavy atom. The van der Waals surface area contributed by atoms with Crippen LogP contribution in [0, 0.1) is 20.8 Å². The number of benzene rings is 1. The van der Waals surface area contributed by atoms with Crippen molar-refractivity contribution < 1.29 is 9.21 Å². The number of rotatable bonds is 6. The molecule has 0 radical (unpaired) electrons. The molecule has 8 heteroatoms. The second kappa shape index (κ2) is 9.24. The van der Waals surface area contributed by atoms with Gasteiger partial charge in [0.25, 0.3) is 0 Å². The maximum atomic E-state index is 12.1. The number of halogens is 1. The number of aromatic nitrogens is 1. The lowest BCUT2D eigenvalue weighted by Gasteiger charge is -2.12. The van der Waals surface area contributed by atoms with Crippen LogP contribution in [-0.4, -0.2) is 30.4 Å². The van der Waals surface area contributed by atoms with E-state index in [-0.39, 0.29) is 5.91 Å². The summed E-state index contributed by atoms with van der Waals surface area (Å²) in [5.74, 6) is 1.87. The fraction of sp³-hybridized carbons (Fsp3) is 0.389. The van der Waals surface area contributed by atoms with Gasteiger partial charge in [-0.05, 0) is 38.5 Å². The van der Waals surface area contributed by atoms with Crippen LogP contribution in [0.2, 0.25) is 5.02 Å². The van der Waals surface area contributed by atoms with E-state index < -0.39 is 0 Å². The van der Waals surface area contributed by atoms with Gasteiger partial charge in [0, 0.05) is 30.7 Å². The van der Waals surface area contributed by atoms with Crippen LogP contribution in [0.5, 0.6) is 0 Å². The summed E-state index contributed by atoms with van der Waals surface area (Å²) < 4.78 is 5.51. The van der Waals surface area contributed by atoms with E-state index in [1.807, 2.05) is 26.8 Å². The van der Waals surface area contributed by atoms with Crippen LogP contribution in [0.25, 0.3) is 0 Å². The molecule has 1 amide bonds. The van der Waals surface area contributed by atoms with Gasteiger partial charge in [0.2, 0.25) is 11.8 Å². The SMILES string of the molecule is CN=C(NCCC(=O)Nc1cccc(Cl)c1C)NCc1nc(C)c(C)o1. The van der Waals surface area contributed by atoms with Gasteiger partial charge in [0.15, 0.2) is 5.96 Å². The van der Waals surface area contributed by atoms with E-state index >= 15 is 0 Å². The average Bonchev–Trinajstić information content (AvgIpc) is 2.93. The van der Waals surface area contributed by atoms with Gasteiger partial charge in [-0.2, -0.15) is 0 Å². The summed E-state index contributed by atoms with van der Waals surface area (Å²) in [5.41, 5.74) is 2.45. The molecule has 140 valence electrons. The van der Waals surface area contributed by atoms with Gasteiger partial charge in [0.05, 0.1) is 12.2 Å². The Bertz CT molecular complexity index is 781. The molecule has 0 spiro atoms. The smallest absolute Gasteiger partial charge is 0.226 e. The second-order valence-electron chi connectivity index (χ2n) is 5.81. The molecular weight excluding hydrogens is 354 g/mol. The molecule has 0 unspecified atom stereocenters. The number of carbonyl (C=O) groups is 1. The zero-order chi connectivity index (χ0) is 19.1. The minimum absolute atomic E-state index is 0.0997. The average molecular weight is 378 g/mol. The minimum Gasteiger partial charge on any atom is -0.444 e. The Morgan fingerprint density at radius 3 is 2.69 bits per heavy atom. The fourth-order valence-electron chi connectivity index (χ4n) is 2.24. The molecule has 0 atom stereocenters. The van der Waals surface area contributed by atoms with Gasteiger partial charge in [0.1, 0.15) is 5.76 Å². The van der Waals surface area contributed by atoms with Crippen molar-refractivity contribution in [2.75, 3.05) is 18.9 Å². The quantitative estimate of drug-likeness (QED) is 0.531. The summed E-state index contributed by atoms with van der Waals surface area (Å²) in [6.07, 6.45) is 0.296. The predicted molar refractivity (Wildman–Crippen MR) is 104 cm³/mol. The highest BCUT2D eigenvalue weighted by Gasteiger charge is 2.08.